The summed E-state index contributed by atoms with van der Waals surface area (Å²) in [6, 6.07) is 4.14. The number of ether oxygens (including phenoxy) is 1. The molecule has 0 saturated heterocycles. The van der Waals surface area contributed by atoms with Crippen LogP contribution in [0.15, 0.2) is 23.1 Å². The van der Waals surface area contributed by atoms with E-state index in [0.717, 1.165) is 0 Å². The Morgan fingerprint density at radius 2 is 1.81 bits per heavy atom. The van der Waals surface area contributed by atoms with Crippen LogP contribution in [0.25, 0.3) is 0 Å². The van der Waals surface area contributed by atoms with E-state index < -0.39 is 27.4 Å². The van der Waals surface area contributed by atoms with Crippen LogP contribution in [0.3, 0.4) is 0 Å². The lowest BCUT2D eigenvalue weighted by Gasteiger charge is -2.28. The highest BCUT2D eigenvalue weighted by Crippen LogP contribution is 2.28. The lowest BCUT2D eigenvalue weighted by Crippen LogP contribution is -2.47. The number of carboxylic acid groups (broad SMARTS) is 1. The highest BCUT2D eigenvalue weighted by molar-refractivity contribution is 7.89. The normalized spacial score (nSPS) is 13.9. The topological polar surface area (TPSA) is 113 Å². The molecule has 0 unspecified atom stereocenters. The van der Waals surface area contributed by atoms with Gasteiger partial charge in [0.15, 0.2) is 0 Å². The van der Waals surface area contributed by atoms with E-state index in [1.54, 1.807) is 27.7 Å². The van der Waals surface area contributed by atoms with Gasteiger partial charge in [-0.15, -0.1) is 0 Å². The average Bonchev–Trinajstić information content (AvgIpc) is 2.61. The summed E-state index contributed by atoms with van der Waals surface area (Å²) in [5, 5.41) is 11.7. The maximum absolute atomic E-state index is 12.9. The Labute approximate surface area is 160 Å². The number of benzene rings is 1. The smallest absolute Gasteiger partial charge is 0.305 e. The van der Waals surface area contributed by atoms with Gasteiger partial charge in [-0.1, -0.05) is 20.8 Å². The molecular formula is C18H28N2O6S. The molecule has 1 rings (SSSR count). The van der Waals surface area contributed by atoms with Crippen molar-refractivity contribution in [2.45, 2.75) is 51.0 Å². The molecule has 0 radical (unpaired) electrons. The zero-order valence-electron chi connectivity index (χ0n) is 16.4. The van der Waals surface area contributed by atoms with Gasteiger partial charge in [0, 0.05) is 24.2 Å². The molecule has 0 bridgehead atoms. The second-order valence-electron chi connectivity index (χ2n) is 6.39. The summed E-state index contributed by atoms with van der Waals surface area (Å²) < 4.78 is 32.2. The van der Waals surface area contributed by atoms with Gasteiger partial charge in [0.1, 0.15) is 10.6 Å². The van der Waals surface area contributed by atoms with E-state index in [0.29, 0.717) is 6.42 Å². The van der Waals surface area contributed by atoms with Gasteiger partial charge in [0.05, 0.1) is 13.5 Å². The molecule has 0 saturated carbocycles. The summed E-state index contributed by atoms with van der Waals surface area (Å²) in [6.45, 7) is 7.42. The minimum absolute atomic E-state index is 0.0993. The number of rotatable bonds is 10. The first-order chi connectivity index (χ1) is 12.5. The van der Waals surface area contributed by atoms with Gasteiger partial charge in [0.2, 0.25) is 10.0 Å². The average molecular weight is 400 g/mol. The molecule has 1 aromatic rings. The molecule has 2 N–H and O–H groups in total. The van der Waals surface area contributed by atoms with Gasteiger partial charge in [-0.3, -0.25) is 9.59 Å². The number of hydrogen-bond donors (Lipinski definition) is 2. The van der Waals surface area contributed by atoms with Crippen molar-refractivity contribution in [3.8, 4) is 5.75 Å². The summed E-state index contributed by atoms with van der Waals surface area (Å²) >= 11 is 0. The Morgan fingerprint density at radius 1 is 1.22 bits per heavy atom. The van der Waals surface area contributed by atoms with Crippen molar-refractivity contribution in [3.05, 3.63) is 23.8 Å². The van der Waals surface area contributed by atoms with Gasteiger partial charge in [-0.25, -0.2) is 8.42 Å². The van der Waals surface area contributed by atoms with Crippen molar-refractivity contribution in [2.75, 3.05) is 20.2 Å². The van der Waals surface area contributed by atoms with Crippen LogP contribution in [-0.4, -0.2) is 55.4 Å². The summed E-state index contributed by atoms with van der Waals surface area (Å²) in [6.07, 6.45) is 0.168. The molecule has 8 nitrogen and oxygen atoms in total. The number of aliphatic carboxylic acids is 1. The monoisotopic (exact) mass is 400 g/mol. The predicted molar refractivity (Wildman–Crippen MR) is 102 cm³/mol. The summed E-state index contributed by atoms with van der Waals surface area (Å²) in [5.74, 6) is -1.43. The first kappa shape index (κ1) is 22.9. The maximum Gasteiger partial charge on any atom is 0.305 e. The SMILES string of the molecule is CCN(CC)S(=O)(=O)c1cc(C(=O)N[C@@](C)(CC)CC(=O)O)ccc1OC. The van der Waals surface area contributed by atoms with E-state index in [2.05, 4.69) is 5.32 Å². The zero-order chi connectivity index (χ0) is 20.8. The van der Waals surface area contributed by atoms with E-state index >= 15 is 0 Å². The van der Waals surface area contributed by atoms with Crippen LogP contribution in [0.2, 0.25) is 0 Å². The highest BCUT2D eigenvalue weighted by Gasteiger charge is 2.30. The molecule has 9 heteroatoms. The molecule has 152 valence electrons. The van der Waals surface area contributed by atoms with Crippen molar-refractivity contribution in [1.29, 1.82) is 0 Å². The van der Waals surface area contributed by atoms with Gasteiger partial charge in [0.25, 0.3) is 5.91 Å². The quantitative estimate of drug-likeness (QED) is 0.622. The van der Waals surface area contributed by atoms with Gasteiger partial charge >= 0.3 is 5.97 Å². The number of hydrogen-bond acceptors (Lipinski definition) is 5. The van der Waals surface area contributed by atoms with E-state index in [1.165, 1.54) is 29.6 Å². The largest absolute Gasteiger partial charge is 0.495 e. The standard InChI is InChI=1S/C18H28N2O6S/c1-6-18(4,12-16(21)22)19-17(23)13-9-10-14(26-5)15(11-13)27(24,25)20(7-2)8-3/h9-11H,6-8,12H2,1-5H3,(H,19,23)(H,21,22)/t18-/m0/s1. The fraction of sp³-hybridized carbons (Fsp3) is 0.556. The van der Waals surface area contributed by atoms with Crippen molar-refractivity contribution >= 4 is 21.9 Å². The van der Waals surface area contributed by atoms with Crippen LogP contribution < -0.4 is 10.1 Å². The molecule has 0 aliphatic carbocycles. The number of sulfonamides is 1. The molecule has 1 aromatic carbocycles. The van der Waals surface area contributed by atoms with E-state index in [9.17, 15) is 18.0 Å². The number of nitrogens with one attached hydrogen (secondary N) is 1. The van der Waals surface area contributed by atoms with Crippen molar-refractivity contribution in [2.24, 2.45) is 0 Å². The molecule has 1 amide bonds. The number of carboxylic acids is 1. The Hall–Kier alpha value is -2.13. The highest BCUT2D eigenvalue weighted by atomic mass is 32.2. The van der Waals surface area contributed by atoms with E-state index in [1.807, 2.05) is 0 Å². The maximum atomic E-state index is 12.9. The van der Waals surface area contributed by atoms with Crippen LogP contribution >= 0.6 is 0 Å². The third-order valence-electron chi connectivity index (χ3n) is 4.49. The second kappa shape index (κ2) is 9.18. The van der Waals surface area contributed by atoms with Crippen LogP contribution in [0.5, 0.6) is 5.75 Å². The minimum Gasteiger partial charge on any atom is -0.495 e. The van der Waals surface area contributed by atoms with Crippen LogP contribution in [0.1, 0.15) is 50.9 Å². The molecule has 0 aliphatic rings. The van der Waals surface area contributed by atoms with Gasteiger partial charge in [-0.05, 0) is 31.5 Å². The zero-order valence-corrected chi connectivity index (χ0v) is 17.2. The molecular weight excluding hydrogens is 372 g/mol. The van der Waals surface area contributed by atoms with Crippen LogP contribution in [-0.2, 0) is 14.8 Å². The van der Waals surface area contributed by atoms with Crippen LogP contribution in [0.4, 0.5) is 0 Å². The Balaban J connectivity index is 3.32. The first-order valence-electron chi connectivity index (χ1n) is 8.77. The minimum atomic E-state index is -3.83. The van der Waals surface area contributed by atoms with Crippen molar-refractivity contribution in [3.63, 3.8) is 0 Å². The third-order valence-corrected chi connectivity index (χ3v) is 6.56. The Bertz CT molecular complexity index is 789. The van der Waals surface area contributed by atoms with Crippen molar-refractivity contribution < 1.29 is 27.9 Å². The third kappa shape index (κ3) is 5.43. The number of carbonyl (C=O) groups is 2. The second-order valence-corrected chi connectivity index (χ2v) is 8.30. The molecule has 0 heterocycles. The summed E-state index contributed by atoms with van der Waals surface area (Å²) in [4.78, 5) is 23.6. The Morgan fingerprint density at radius 3 is 2.26 bits per heavy atom. The Kier molecular flexibility index (Phi) is 7.79. The number of nitrogens with zero attached hydrogens (tertiary/aromatic N) is 1. The number of amides is 1. The molecule has 0 aliphatic heterocycles. The molecule has 1 atom stereocenters. The summed E-state index contributed by atoms with van der Waals surface area (Å²) in [5.41, 5.74) is -0.826. The van der Waals surface area contributed by atoms with E-state index in [4.69, 9.17) is 9.84 Å². The molecule has 0 aromatic heterocycles. The number of methoxy groups -OCH3 is 1. The fourth-order valence-electron chi connectivity index (χ4n) is 2.66. The molecule has 0 fully saturated rings. The fourth-order valence-corrected chi connectivity index (χ4v) is 4.30. The van der Waals surface area contributed by atoms with Gasteiger partial charge < -0.3 is 15.2 Å². The lowest BCUT2D eigenvalue weighted by molar-refractivity contribution is -0.138. The molecule has 27 heavy (non-hydrogen) atoms. The lowest BCUT2D eigenvalue weighted by atomic mass is 9.94. The molecule has 0 spiro atoms. The van der Waals surface area contributed by atoms with Crippen LogP contribution in [0, 0.1) is 0 Å². The van der Waals surface area contributed by atoms with E-state index in [-0.39, 0.29) is 35.7 Å². The number of carbonyl (C=O) groups excluding carboxylic acids is 1. The predicted octanol–water partition coefficient (Wildman–Crippen LogP) is 2.10. The van der Waals surface area contributed by atoms with Crippen molar-refractivity contribution in [1.82, 2.24) is 9.62 Å². The first-order valence-corrected chi connectivity index (χ1v) is 10.2. The summed E-state index contributed by atoms with van der Waals surface area (Å²) in [7, 11) is -2.48. The van der Waals surface area contributed by atoms with Gasteiger partial charge in [-0.2, -0.15) is 4.31 Å².